The van der Waals surface area contributed by atoms with Crippen LogP contribution in [0.1, 0.15) is 18.4 Å². The Labute approximate surface area is 124 Å². The summed E-state index contributed by atoms with van der Waals surface area (Å²) < 4.78 is 0. The van der Waals surface area contributed by atoms with Gasteiger partial charge in [-0.25, -0.2) is 4.79 Å². The van der Waals surface area contributed by atoms with Crippen LogP contribution in [-0.4, -0.2) is 36.6 Å². The highest BCUT2D eigenvalue weighted by atomic mass is 16.2. The number of piperidine rings is 1. The summed E-state index contributed by atoms with van der Waals surface area (Å²) >= 11 is 0. The third-order valence-corrected chi connectivity index (χ3v) is 3.68. The number of nitriles is 2. The van der Waals surface area contributed by atoms with Crippen LogP contribution in [0.25, 0.3) is 0 Å². The molecule has 6 nitrogen and oxygen atoms in total. The molecule has 2 N–H and O–H groups in total. The van der Waals surface area contributed by atoms with Gasteiger partial charge in [-0.1, -0.05) is 0 Å². The zero-order valence-electron chi connectivity index (χ0n) is 11.9. The zero-order valence-corrected chi connectivity index (χ0v) is 11.9. The fraction of sp³-hybridized carbons (Fsp3) is 0.400. The van der Waals surface area contributed by atoms with E-state index in [0.717, 1.165) is 13.1 Å². The molecule has 21 heavy (non-hydrogen) atoms. The second kappa shape index (κ2) is 6.25. The molecule has 0 saturated carbocycles. The lowest BCUT2D eigenvalue weighted by molar-refractivity contribution is 0.193. The maximum absolute atomic E-state index is 12.0. The van der Waals surface area contributed by atoms with Crippen LogP contribution >= 0.6 is 0 Å². The Bertz CT molecular complexity index is 588. The van der Waals surface area contributed by atoms with Gasteiger partial charge >= 0.3 is 6.03 Å². The molecule has 0 atom stereocenters. The van der Waals surface area contributed by atoms with Gasteiger partial charge in [-0.2, -0.15) is 10.5 Å². The van der Waals surface area contributed by atoms with Crippen molar-refractivity contribution in [2.45, 2.75) is 18.4 Å². The van der Waals surface area contributed by atoms with E-state index in [4.69, 9.17) is 5.26 Å². The molecule has 0 bridgehead atoms. The highest BCUT2D eigenvalue weighted by Crippen LogP contribution is 2.21. The molecule has 6 heteroatoms. The number of rotatable bonds is 2. The molecule has 1 aliphatic heterocycles. The van der Waals surface area contributed by atoms with Gasteiger partial charge in [0.1, 0.15) is 5.54 Å². The van der Waals surface area contributed by atoms with Gasteiger partial charge in [0.25, 0.3) is 0 Å². The highest BCUT2D eigenvalue weighted by Gasteiger charge is 2.35. The van der Waals surface area contributed by atoms with Crippen molar-refractivity contribution in [3.05, 3.63) is 29.8 Å². The van der Waals surface area contributed by atoms with Gasteiger partial charge < -0.3 is 15.5 Å². The van der Waals surface area contributed by atoms with Crippen molar-refractivity contribution in [2.75, 3.05) is 25.5 Å². The number of likely N-dealkylation sites (tertiary alicyclic amines) is 1. The van der Waals surface area contributed by atoms with E-state index in [9.17, 15) is 10.1 Å². The van der Waals surface area contributed by atoms with Crippen molar-refractivity contribution < 1.29 is 4.79 Å². The monoisotopic (exact) mass is 283 g/mol. The maximum Gasteiger partial charge on any atom is 0.320 e. The Kier molecular flexibility index (Phi) is 4.42. The number of hydrogen-bond donors (Lipinski definition) is 2. The molecule has 0 aliphatic carbocycles. The van der Waals surface area contributed by atoms with E-state index in [0.29, 0.717) is 24.1 Å². The summed E-state index contributed by atoms with van der Waals surface area (Å²) in [6, 6.07) is 10.4. The highest BCUT2D eigenvalue weighted by molar-refractivity contribution is 5.90. The van der Waals surface area contributed by atoms with Gasteiger partial charge in [0.2, 0.25) is 0 Å². The summed E-state index contributed by atoms with van der Waals surface area (Å²) in [6.45, 7) is 1.56. The van der Waals surface area contributed by atoms with E-state index in [-0.39, 0.29) is 0 Å². The summed E-state index contributed by atoms with van der Waals surface area (Å²) in [5.74, 6) is 0. The molecule has 0 radical (unpaired) electrons. The summed E-state index contributed by atoms with van der Waals surface area (Å²) in [6.07, 6.45) is 1.22. The molecule has 1 aromatic carbocycles. The molecule has 1 heterocycles. The van der Waals surface area contributed by atoms with Crippen molar-refractivity contribution in [1.29, 1.82) is 10.5 Å². The van der Waals surface area contributed by atoms with E-state index in [1.54, 1.807) is 24.3 Å². The van der Waals surface area contributed by atoms with Crippen LogP contribution in [0.4, 0.5) is 10.5 Å². The normalized spacial score (nSPS) is 17.3. The Morgan fingerprint density at radius 2 is 1.86 bits per heavy atom. The van der Waals surface area contributed by atoms with Crippen molar-refractivity contribution in [3.8, 4) is 12.1 Å². The molecule has 108 valence electrons. The summed E-state index contributed by atoms with van der Waals surface area (Å²) in [5.41, 5.74) is 0.320. The number of nitrogens with one attached hydrogen (secondary N) is 2. The number of carbonyl (C=O) groups excluding carboxylic acids is 1. The molecule has 0 spiro atoms. The maximum atomic E-state index is 12.0. The Morgan fingerprint density at radius 3 is 2.38 bits per heavy atom. The molecule has 2 rings (SSSR count). The van der Waals surface area contributed by atoms with Crippen molar-refractivity contribution >= 4 is 11.7 Å². The Balaban J connectivity index is 1.97. The van der Waals surface area contributed by atoms with Gasteiger partial charge in [-0.05, 0) is 44.2 Å². The minimum absolute atomic E-state index is 0.397. The van der Waals surface area contributed by atoms with E-state index in [2.05, 4.69) is 21.6 Å². The molecular weight excluding hydrogens is 266 g/mol. The first-order valence-corrected chi connectivity index (χ1v) is 6.76. The second-order valence-corrected chi connectivity index (χ2v) is 5.27. The van der Waals surface area contributed by atoms with Crippen molar-refractivity contribution in [3.63, 3.8) is 0 Å². The number of hydrogen-bond acceptors (Lipinski definition) is 4. The van der Waals surface area contributed by atoms with E-state index < -0.39 is 11.6 Å². The number of anilines is 1. The third kappa shape index (κ3) is 3.71. The fourth-order valence-corrected chi connectivity index (χ4v) is 2.27. The number of carbonyl (C=O) groups is 1. The lowest BCUT2D eigenvalue weighted by atomic mass is 9.89. The minimum Gasteiger partial charge on any atom is -0.319 e. The number of amides is 2. The average Bonchev–Trinajstić information content (AvgIpc) is 2.50. The third-order valence-electron chi connectivity index (χ3n) is 3.68. The van der Waals surface area contributed by atoms with Crippen LogP contribution in [-0.2, 0) is 0 Å². The first-order valence-electron chi connectivity index (χ1n) is 6.76. The standard InChI is InChI=1S/C15H17N5O/c1-20-8-6-15(11-17,7-9-20)19-14(21)18-13-4-2-12(10-16)3-5-13/h2-5H,6-9H2,1H3,(H2,18,19,21). The smallest absolute Gasteiger partial charge is 0.319 e. The van der Waals surface area contributed by atoms with Crippen molar-refractivity contribution in [1.82, 2.24) is 10.2 Å². The molecule has 0 aromatic heterocycles. The Morgan fingerprint density at radius 1 is 1.24 bits per heavy atom. The van der Waals surface area contributed by atoms with Gasteiger partial charge in [-0.15, -0.1) is 0 Å². The van der Waals surface area contributed by atoms with Crippen molar-refractivity contribution in [2.24, 2.45) is 0 Å². The zero-order chi connectivity index (χ0) is 15.3. The molecule has 1 aliphatic rings. The number of urea groups is 1. The van der Waals surface area contributed by atoms with Gasteiger partial charge in [-0.3, -0.25) is 0 Å². The van der Waals surface area contributed by atoms with Gasteiger partial charge in [0.05, 0.1) is 17.7 Å². The van der Waals surface area contributed by atoms with Crippen LogP contribution in [0.15, 0.2) is 24.3 Å². The predicted molar refractivity (Wildman–Crippen MR) is 78.4 cm³/mol. The van der Waals surface area contributed by atoms with Crippen LogP contribution in [0.3, 0.4) is 0 Å². The first kappa shape index (κ1) is 14.8. The lowest BCUT2D eigenvalue weighted by Gasteiger charge is -2.35. The minimum atomic E-state index is -0.802. The average molecular weight is 283 g/mol. The number of benzene rings is 1. The summed E-state index contributed by atoms with van der Waals surface area (Å²) in [4.78, 5) is 14.2. The quantitative estimate of drug-likeness (QED) is 0.863. The van der Waals surface area contributed by atoms with Crippen LogP contribution in [0.2, 0.25) is 0 Å². The molecule has 0 unspecified atom stereocenters. The summed E-state index contributed by atoms with van der Waals surface area (Å²) in [5, 5.41) is 23.6. The van der Waals surface area contributed by atoms with Crippen LogP contribution in [0, 0.1) is 22.7 Å². The Hall–Kier alpha value is -2.57. The van der Waals surface area contributed by atoms with E-state index in [1.165, 1.54) is 0 Å². The SMILES string of the molecule is CN1CCC(C#N)(NC(=O)Nc2ccc(C#N)cc2)CC1. The fourth-order valence-electron chi connectivity index (χ4n) is 2.27. The van der Waals surface area contributed by atoms with Crippen LogP contribution < -0.4 is 10.6 Å². The second-order valence-electron chi connectivity index (χ2n) is 5.27. The van der Waals surface area contributed by atoms with Crippen LogP contribution in [0.5, 0.6) is 0 Å². The molecule has 1 fully saturated rings. The topological polar surface area (TPSA) is 91.9 Å². The number of nitrogens with zero attached hydrogens (tertiary/aromatic N) is 3. The largest absolute Gasteiger partial charge is 0.320 e. The summed E-state index contributed by atoms with van der Waals surface area (Å²) in [7, 11) is 2.00. The molecular formula is C15H17N5O. The van der Waals surface area contributed by atoms with E-state index >= 15 is 0 Å². The first-order chi connectivity index (χ1) is 10.1. The lowest BCUT2D eigenvalue weighted by Crippen LogP contribution is -2.54. The predicted octanol–water partition coefficient (Wildman–Crippen LogP) is 1.67. The molecule has 1 saturated heterocycles. The van der Waals surface area contributed by atoms with Gasteiger partial charge in [0, 0.05) is 18.8 Å². The van der Waals surface area contributed by atoms with Gasteiger partial charge in [0.15, 0.2) is 0 Å². The molecule has 2 amide bonds. The molecule has 1 aromatic rings. The van der Waals surface area contributed by atoms with E-state index in [1.807, 2.05) is 13.1 Å².